The fraction of sp³-hybridized carbons (Fsp3) is 0.571. The molecule has 1 fully saturated rings. The lowest BCUT2D eigenvalue weighted by Gasteiger charge is -2.31. The summed E-state index contributed by atoms with van der Waals surface area (Å²) in [4.78, 5) is 2.39. The van der Waals surface area contributed by atoms with Gasteiger partial charge in [0.05, 0.1) is 0 Å². The second kappa shape index (κ2) is 8.01. The highest BCUT2D eigenvalue weighted by Gasteiger charge is 2.18. The lowest BCUT2D eigenvalue weighted by atomic mass is 9.97. The van der Waals surface area contributed by atoms with Crippen LogP contribution in [-0.2, 0) is 0 Å². The van der Waals surface area contributed by atoms with Gasteiger partial charge in [0.1, 0.15) is 6.61 Å². The normalized spacial score (nSPS) is 17.6. The van der Waals surface area contributed by atoms with Crippen LogP contribution in [0.3, 0.4) is 0 Å². The molecule has 3 nitrogen and oxygen atoms in total. The Bertz CT molecular complexity index is 383. The third kappa shape index (κ3) is 4.89. The van der Waals surface area contributed by atoms with E-state index in [0.717, 1.165) is 32.1 Å². The fourth-order valence-electron chi connectivity index (χ4n) is 2.37. The Hall–Kier alpha value is -0.400. The molecule has 0 aliphatic carbocycles. The number of hydrogen-bond acceptors (Lipinski definition) is 3. The Morgan fingerprint density at radius 1 is 1.32 bits per heavy atom. The number of likely N-dealkylation sites (tertiary alicyclic amines) is 1. The summed E-state index contributed by atoms with van der Waals surface area (Å²) in [5.74, 6) is 0.862. The molecular weight excluding hydrogens is 358 g/mol. The van der Waals surface area contributed by atoms with Crippen molar-refractivity contribution in [3.05, 3.63) is 30.1 Å². The Labute approximate surface area is 128 Å². The summed E-state index contributed by atoms with van der Waals surface area (Å²) in [5.41, 5.74) is 0. The average molecular weight is 378 g/mol. The van der Waals surface area contributed by atoms with Crippen LogP contribution in [0.2, 0.25) is 0 Å². The van der Waals surface area contributed by atoms with Gasteiger partial charge in [-0.3, -0.25) is 8.43 Å². The topological polar surface area (TPSA) is 24.5 Å². The van der Waals surface area contributed by atoms with E-state index in [1.54, 1.807) is 18.2 Å². The second-order valence-electron chi connectivity index (χ2n) is 4.90. The molecule has 1 aliphatic rings. The van der Waals surface area contributed by atoms with Gasteiger partial charge in [-0.1, -0.05) is 12.1 Å². The van der Waals surface area contributed by atoms with E-state index in [0.29, 0.717) is 12.4 Å². The lowest BCUT2D eigenvalue weighted by molar-refractivity contribution is 0.155. The van der Waals surface area contributed by atoms with Crippen molar-refractivity contribution in [1.29, 1.82) is 0 Å². The minimum atomic E-state index is -0.283. The summed E-state index contributed by atoms with van der Waals surface area (Å²) < 4.78 is 22.0. The van der Waals surface area contributed by atoms with E-state index in [1.165, 1.54) is 18.9 Å². The van der Waals surface area contributed by atoms with Crippen molar-refractivity contribution >= 4 is 22.9 Å². The number of hydrogen-bond donors (Lipinski definition) is 1. The van der Waals surface area contributed by atoms with Crippen LogP contribution in [0.1, 0.15) is 12.8 Å². The Balaban J connectivity index is 1.66. The van der Waals surface area contributed by atoms with Crippen LogP contribution >= 0.6 is 22.9 Å². The molecule has 19 heavy (non-hydrogen) atoms. The second-order valence-corrected chi connectivity index (χ2v) is 5.66. The van der Waals surface area contributed by atoms with Crippen molar-refractivity contribution in [2.24, 2.45) is 5.92 Å². The van der Waals surface area contributed by atoms with Crippen LogP contribution in [0.4, 0.5) is 4.39 Å². The number of halogens is 2. The van der Waals surface area contributed by atoms with Crippen LogP contribution in [0.5, 0.6) is 5.75 Å². The molecule has 1 aromatic rings. The molecule has 1 aromatic carbocycles. The van der Waals surface area contributed by atoms with E-state index < -0.39 is 0 Å². The number of rotatable bonds is 6. The largest absolute Gasteiger partial charge is 0.489 e. The smallest absolute Gasteiger partial charge is 0.165 e. The summed E-state index contributed by atoms with van der Waals surface area (Å²) in [6, 6.07) is 6.57. The molecule has 1 heterocycles. The van der Waals surface area contributed by atoms with Gasteiger partial charge >= 0.3 is 0 Å². The molecule has 0 atom stereocenters. The summed E-state index contributed by atoms with van der Waals surface area (Å²) in [5, 5.41) is 0. The monoisotopic (exact) mass is 378 g/mol. The zero-order chi connectivity index (χ0) is 13.5. The number of nitrogens with one attached hydrogen (secondary N) is 1. The number of nitrogens with zero attached hydrogens (tertiary/aromatic N) is 1. The maximum Gasteiger partial charge on any atom is 0.165 e. The number of benzene rings is 1. The van der Waals surface area contributed by atoms with Gasteiger partial charge in [0.25, 0.3) is 0 Å². The van der Waals surface area contributed by atoms with E-state index in [-0.39, 0.29) is 5.82 Å². The van der Waals surface area contributed by atoms with Crippen LogP contribution in [0.25, 0.3) is 0 Å². The molecule has 106 valence electrons. The summed E-state index contributed by atoms with van der Waals surface area (Å²) in [6.07, 6.45) is 2.46. The van der Waals surface area contributed by atoms with Gasteiger partial charge < -0.3 is 4.74 Å². The SMILES string of the molecule is Fc1ccccc1OCCN1CCC(CNI)CC1. The molecule has 0 bridgehead atoms. The molecule has 1 N–H and O–H groups in total. The zero-order valence-corrected chi connectivity index (χ0v) is 13.1. The molecule has 0 aromatic heterocycles. The fourth-order valence-corrected chi connectivity index (χ4v) is 2.99. The van der Waals surface area contributed by atoms with E-state index in [2.05, 4.69) is 31.3 Å². The molecule has 0 spiro atoms. The number of piperidine rings is 1. The minimum absolute atomic E-state index is 0.283. The van der Waals surface area contributed by atoms with E-state index in [9.17, 15) is 4.39 Å². The Morgan fingerprint density at radius 3 is 2.74 bits per heavy atom. The standard InChI is InChI=1S/C14H20FIN2O/c15-13-3-1-2-4-14(13)19-10-9-18-7-5-12(6-8-18)11-17-16/h1-4,12,17H,5-11H2. The van der Waals surface area contributed by atoms with E-state index in [1.807, 2.05) is 0 Å². The van der Waals surface area contributed by atoms with Crippen molar-refractivity contribution in [3.63, 3.8) is 0 Å². The third-order valence-electron chi connectivity index (χ3n) is 3.57. The molecule has 0 radical (unpaired) electrons. The van der Waals surface area contributed by atoms with Crippen LogP contribution in [-0.4, -0.2) is 37.7 Å². The van der Waals surface area contributed by atoms with Crippen LogP contribution in [0.15, 0.2) is 24.3 Å². The highest BCUT2D eigenvalue weighted by Crippen LogP contribution is 2.18. The lowest BCUT2D eigenvalue weighted by Crippen LogP contribution is -2.38. The third-order valence-corrected chi connectivity index (χ3v) is 4.02. The summed E-state index contributed by atoms with van der Waals surface area (Å²) in [6.45, 7) is 4.75. The molecule has 5 heteroatoms. The van der Waals surface area contributed by atoms with Crippen molar-refractivity contribution in [1.82, 2.24) is 8.43 Å². The highest BCUT2D eigenvalue weighted by molar-refractivity contribution is 14.1. The minimum Gasteiger partial charge on any atom is -0.489 e. The van der Waals surface area contributed by atoms with Crippen molar-refractivity contribution < 1.29 is 9.13 Å². The molecule has 1 saturated heterocycles. The first kappa shape index (κ1) is 15.0. The van der Waals surface area contributed by atoms with Gasteiger partial charge in [0, 0.05) is 36.0 Å². The highest BCUT2D eigenvalue weighted by atomic mass is 127. The van der Waals surface area contributed by atoms with Crippen molar-refractivity contribution in [2.45, 2.75) is 12.8 Å². The van der Waals surface area contributed by atoms with Gasteiger partial charge in [-0.05, 0) is 44.0 Å². The predicted octanol–water partition coefficient (Wildman–Crippen LogP) is 2.86. The molecular formula is C14H20FIN2O. The molecule has 1 aliphatic heterocycles. The number of ether oxygens (including phenoxy) is 1. The summed E-state index contributed by atoms with van der Waals surface area (Å²) in [7, 11) is 0. The first-order valence-electron chi connectivity index (χ1n) is 6.73. The average Bonchev–Trinajstić information content (AvgIpc) is 2.43. The first-order valence-corrected chi connectivity index (χ1v) is 7.80. The van der Waals surface area contributed by atoms with Crippen molar-refractivity contribution in [3.8, 4) is 5.75 Å². The van der Waals surface area contributed by atoms with Gasteiger partial charge in [0.2, 0.25) is 0 Å². The quantitative estimate of drug-likeness (QED) is 0.609. The van der Waals surface area contributed by atoms with Gasteiger partial charge in [-0.25, -0.2) is 4.39 Å². The van der Waals surface area contributed by atoms with Crippen molar-refractivity contribution in [2.75, 3.05) is 32.8 Å². The Kier molecular flexibility index (Phi) is 6.33. The van der Waals surface area contributed by atoms with Gasteiger partial charge in [0.15, 0.2) is 11.6 Å². The number of para-hydroxylation sites is 1. The van der Waals surface area contributed by atoms with E-state index >= 15 is 0 Å². The molecule has 0 unspecified atom stereocenters. The van der Waals surface area contributed by atoms with Crippen LogP contribution < -0.4 is 8.27 Å². The molecule has 0 saturated carbocycles. The maximum absolute atomic E-state index is 13.3. The predicted molar refractivity (Wildman–Crippen MR) is 83.1 cm³/mol. The maximum atomic E-state index is 13.3. The van der Waals surface area contributed by atoms with E-state index in [4.69, 9.17) is 4.74 Å². The Morgan fingerprint density at radius 2 is 2.05 bits per heavy atom. The van der Waals surface area contributed by atoms with Crippen LogP contribution in [0, 0.1) is 11.7 Å². The van der Waals surface area contributed by atoms with Gasteiger partial charge in [-0.15, -0.1) is 0 Å². The molecule has 0 amide bonds. The first-order chi connectivity index (χ1) is 9.29. The summed E-state index contributed by atoms with van der Waals surface area (Å²) >= 11 is 2.21. The van der Waals surface area contributed by atoms with Gasteiger partial charge in [-0.2, -0.15) is 0 Å². The molecule has 2 rings (SSSR count). The zero-order valence-electron chi connectivity index (χ0n) is 10.9.